The zero-order valence-electron chi connectivity index (χ0n) is 24.5. The SMILES string of the molecule is COC(NC(=O)CSC(F)F)(C(=O)OCCn1nnnc1SCC1=C(C(=O)O)N2C(=O)[C@](NC(=O)CSC(F)F)(OC)[C@H]2OC1)C(O)O. The number of tetrazole rings is 1. The van der Waals surface area contributed by atoms with E-state index in [1.165, 1.54) is 0 Å². The zero-order chi connectivity index (χ0) is 35.8. The van der Waals surface area contributed by atoms with Gasteiger partial charge in [0.2, 0.25) is 23.3 Å². The van der Waals surface area contributed by atoms with Gasteiger partial charge in [0, 0.05) is 20.0 Å². The lowest BCUT2D eigenvalue weighted by Gasteiger charge is -2.55. The number of aromatic nitrogens is 4. The molecule has 3 rings (SSSR count). The van der Waals surface area contributed by atoms with E-state index in [1.54, 1.807) is 0 Å². The molecule has 0 saturated carbocycles. The molecule has 26 heteroatoms. The highest BCUT2D eigenvalue weighted by atomic mass is 32.2. The van der Waals surface area contributed by atoms with Gasteiger partial charge in [-0.05, 0) is 16.0 Å². The van der Waals surface area contributed by atoms with E-state index >= 15 is 0 Å². The normalized spacial score (nSPS) is 20.4. The quantitative estimate of drug-likeness (QED) is 0.0336. The molecule has 1 aromatic heterocycles. The van der Waals surface area contributed by atoms with Crippen LogP contribution in [0.15, 0.2) is 16.4 Å². The van der Waals surface area contributed by atoms with Crippen LogP contribution in [0.3, 0.4) is 0 Å². The van der Waals surface area contributed by atoms with E-state index < -0.39 is 89.0 Å². The van der Waals surface area contributed by atoms with Crippen LogP contribution in [0.4, 0.5) is 17.6 Å². The van der Waals surface area contributed by atoms with Gasteiger partial charge in [0.05, 0.1) is 24.7 Å². The second kappa shape index (κ2) is 16.9. The highest BCUT2D eigenvalue weighted by Crippen LogP contribution is 2.41. The van der Waals surface area contributed by atoms with Crippen LogP contribution >= 0.6 is 35.3 Å². The van der Waals surface area contributed by atoms with Crippen molar-refractivity contribution >= 4 is 64.9 Å². The minimum absolute atomic E-state index is 0.00358. The number of alkyl halides is 4. The largest absolute Gasteiger partial charge is 0.477 e. The molecule has 1 unspecified atom stereocenters. The van der Waals surface area contributed by atoms with Crippen molar-refractivity contribution in [1.29, 1.82) is 0 Å². The first-order chi connectivity index (χ1) is 22.6. The molecule has 19 nitrogen and oxygen atoms in total. The lowest BCUT2D eigenvalue weighted by atomic mass is 9.94. The Morgan fingerprint density at radius 2 is 1.77 bits per heavy atom. The Kier molecular flexibility index (Phi) is 13.8. The predicted octanol–water partition coefficient (Wildman–Crippen LogP) is -2.01. The number of carbonyl (C=O) groups is 5. The van der Waals surface area contributed by atoms with Crippen molar-refractivity contribution in [2.45, 2.75) is 47.2 Å². The molecule has 2 aliphatic heterocycles. The molecule has 1 saturated heterocycles. The van der Waals surface area contributed by atoms with Crippen LogP contribution in [0.25, 0.3) is 0 Å². The van der Waals surface area contributed by atoms with E-state index in [2.05, 4.69) is 20.8 Å². The number of aliphatic carboxylic acids is 1. The minimum Gasteiger partial charge on any atom is -0.477 e. The summed E-state index contributed by atoms with van der Waals surface area (Å²) >= 11 is 0.784. The van der Waals surface area contributed by atoms with Gasteiger partial charge in [-0.1, -0.05) is 35.3 Å². The number of halogens is 4. The van der Waals surface area contributed by atoms with E-state index in [4.69, 9.17) is 18.9 Å². The summed E-state index contributed by atoms with van der Waals surface area (Å²) in [6.45, 7) is -1.20. The number of hydrogen-bond acceptors (Lipinski definition) is 17. The van der Waals surface area contributed by atoms with Gasteiger partial charge >= 0.3 is 11.9 Å². The maximum atomic E-state index is 13.1. The van der Waals surface area contributed by atoms with Crippen molar-refractivity contribution in [3.05, 3.63) is 11.3 Å². The van der Waals surface area contributed by atoms with Crippen LogP contribution in [-0.2, 0) is 49.5 Å². The minimum atomic E-state index is -2.92. The number of nitrogens with zero attached hydrogens (tertiary/aromatic N) is 5. The third-order valence-corrected chi connectivity index (χ3v) is 8.77. The Balaban J connectivity index is 1.65. The van der Waals surface area contributed by atoms with Crippen LogP contribution in [0.5, 0.6) is 0 Å². The number of nitrogens with one attached hydrogen (secondary N) is 2. The third kappa shape index (κ3) is 8.65. The van der Waals surface area contributed by atoms with Gasteiger partial charge in [0.1, 0.15) is 12.3 Å². The molecule has 3 amide bonds. The van der Waals surface area contributed by atoms with Gasteiger partial charge in [0.25, 0.3) is 28.9 Å². The standard InChI is InChI=1S/C22H27F4N7O12S3/c1-42-21(27-10(34)7-46-18(23)24)14(38)33-12(13(36)37)9(5-45-15(21)33)6-48-20-29-30-31-32(20)3-4-44-17(41)22(43-2,16(39)40)28-11(35)8-47-19(25)26/h15-16,18-19,39-40H,3-8H2,1-2H3,(H,27,34)(H,28,35)(H,36,37)/t15-,21+,22?/m1/s1. The lowest BCUT2D eigenvalue weighted by Crippen LogP contribution is -2.82. The summed E-state index contributed by atoms with van der Waals surface area (Å²) in [4.78, 5) is 62.8. The lowest BCUT2D eigenvalue weighted by molar-refractivity contribution is -0.257. The van der Waals surface area contributed by atoms with Crippen molar-refractivity contribution in [2.24, 2.45) is 0 Å². The first-order valence-corrected chi connectivity index (χ1v) is 16.1. The van der Waals surface area contributed by atoms with Gasteiger partial charge in [-0.15, -0.1) is 5.10 Å². The fraction of sp³-hybridized carbons (Fsp3) is 0.636. The highest BCUT2D eigenvalue weighted by molar-refractivity contribution is 8.00. The number of hydrogen-bond donors (Lipinski definition) is 5. The maximum absolute atomic E-state index is 13.1. The van der Waals surface area contributed by atoms with Crippen molar-refractivity contribution in [3.8, 4) is 0 Å². The number of ether oxygens (including phenoxy) is 4. The average molecular weight is 754 g/mol. The van der Waals surface area contributed by atoms with Crippen LogP contribution < -0.4 is 10.6 Å². The molecule has 0 aliphatic carbocycles. The number of esters is 1. The first-order valence-electron chi connectivity index (χ1n) is 13.0. The average Bonchev–Trinajstić information content (AvgIpc) is 3.49. The Morgan fingerprint density at radius 1 is 1.12 bits per heavy atom. The predicted molar refractivity (Wildman–Crippen MR) is 152 cm³/mol. The van der Waals surface area contributed by atoms with Crippen molar-refractivity contribution in [1.82, 2.24) is 35.7 Å². The maximum Gasteiger partial charge on any atom is 0.365 e. The number of rotatable bonds is 19. The molecule has 0 spiro atoms. The molecular formula is C22H27F4N7O12S3. The Bertz CT molecular complexity index is 1410. The van der Waals surface area contributed by atoms with Gasteiger partial charge in [0.15, 0.2) is 6.23 Å². The fourth-order valence-corrected chi connectivity index (χ4v) is 5.80. The summed E-state index contributed by atoms with van der Waals surface area (Å²) in [6.07, 6.45) is -4.10. The number of fused-ring (bicyclic) bond motifs is 1. The number of carboxylic acid groups (broad SMARTS) is 1. The van der Waals surface area contributed by atoms with Crippen molar-refractivity contribution in [3.63, 3.8) is 0 Å². The number of carboxylic acids is 1. The molecule has 3 heterocycles. The third-order valence-electron chi connectivity index (χ3n) is 6.37. The number of thioether (sulfide) groups is 3. The summed E-state index contributed by atoms with van der Waals surface area (Å²) in [7, 11) is 1.86. The summed E-state index contributed by atoms with van der Waals surface area (Å²) in [5.41, 5.74) is -5.43. The van der Waals surface area contributed by atoms with E-state index in [1.807, 2.05) is 5.32 Å². The molecule has 0 bridgehead atoms. The van der Waals surface area contributed by atoms with E-state index in [0.29, 0.717) is 0 Å². The van der Waals surface area contributed by atoms with Gasteiger partial charge in [-0.3, -0.25) is 19.3 Å². The summed E-state index contributed by atoms with van der Waals surface area (Å²) in [5, 5.41) is 44.3. The molecule has 3 atom stereocenters. The monoisotopic (exact) mass is 753 g/mol. The topological polar surface area (TPSA) is 254 Å². The zero-order valence-corrected chi connectivity index (χ0v) is 27.0. The summed E-state index contributed by atoms with van der Waals surface area (Å²) in [5.74, 6) is -13.7. The van der Waals surface area contributed by atoms with E-state index in [9.17, 15) is 56.9 Å². The number of aliphatic hydroxyl groups is 2. The summed E-state index contributed by atoms with van der Waals surface area (Å²) in [6, 6.07) is 0. The fourth-order valence-electron chi connectivity index (χ4n) is 4.20. The molecule has 0 radical (unpaired) electrons. The Morgan fingerprint density at radius 3 is 2.33 bits per heavy atom. The van der Waals surface area contributed by atoms with E-state index in [-0.39, 0.29) is 53.2 Å². The van der Waals surface area contributed by atoms with Gasteiger partial charge < -0.3 is 44.9 Å². The number of β-lactam (4-membered cyclic amide) rings is 1. The first kappa shape index (κ1) is 39.2. The molecule has 0 aromatic carbocycles. The molecule has 1 aromatic rings. The van der Waals surface area contributed by atoms with E-state index in [0.717, 1.165) is 35.6 Å². The molecule has 5 N–H and O–H groups in total. The second-order valence-electron chi connectivity index (χ2n) is 9.20. The van der Waals surface area contributed by atoms with Gasteiger partial charge in [-0.25, -0.2) is 14.3 Å². The van der Waals surface area contributed by atoms with Crippen LogP contribution in [0.1, 0.15) is 0 Å². The van der Waals surface area contributed by atoms with Crippen LogP contribution in [0, 0.1) is 0 Å². The molecule has 268 valence electrons. The Labute approximate surface area is 279 Å². The number of aliphatic hydroxyl groups excluding tert-OH is 1. The summed E-state index contributed by atoms with van der Waals surface area (Å²) < 4.78 is 71.4. The smallest absolute Gasteiger partial charge is 0.365 e. The number of methoxy groups -OCH3 is 2. The Hall–Kier alpha value is -3.27. The highest BCUT2D eigenvalue weighted by Gasteiger charge is 2.67. The van der Waals surface area contributed by atoms with Crippen LogP contribution in [-0.4, -0.2) is 150 Å². The number of amides is 3. The number of carbonyl (C=O) groups excluding carboxylic acids is 4. The molecular weight excluding hydrogens is 726 g/mol. The van der Waals surface area contributed by atoms with Crippen molar-refractivity contribution in [2.75, 3.05) is 44.7 Å². The van der Waals surface area contributed by atoms with Crippen LogP contribution in [0.2, 0.25) is 0 Å². The van der Waals surface area contributed by atoms with Gasteiger partial charge in [-0.2, -0.15) is 17.6 Å². The molecule has 2 aliphatic rings. The molecule has 1 fully saturated rings. The van der Waals surface area contributed by atoms with Crippen molar-refractivity contribution < 1.29 is 75.8 Å². The second-order valence-corrected chi connectivity index (χ2v) is 12.1. The molecule has 48 heavy (non-hydrogen) atoms.